The summed E-state index contributed by atoms with van der Waals surface area (Å²) in [4.78, 5) is 8.25. The largest absolute Gasteiger partial charge is 0.472 e. The minimum atomic E-state index is -0.398. The number of rotatable bonds is 4. The van der Waals surface area contributed by atoms with Crippen molar-refractivity contribution in [2.24, 2.45) is 0 Å². The molecule has 0 bridgehead atoms. The Morgan fingerprint density at radius 3 is 2.88 bits per heavy atom. The molecule has 0 spiro atoms. The van der Waals surface area contributed by atoms with Crippen LogP contribution >= 0.6 is 0 Å². The first kappa shape index (κ1) is 11.6. The summed E-state index contributed by atoms with van der Waals surface area (Å²) in [6.45, 7) is 4.31. The van der Waals surface area contributed by atoms with Crippen LogP contribution in [0.1, 0.15) is 19.0 Å². The van der Waals surface area contributed by atoms with Crippen LogP contribution in [-0.4, -0.2) is 16.5 Å². The van der Waals surface area contributed by atoms with Crippen LogP contribution in [0.2, 0.25) is 0 Å². The first-order valence-corrected chi connectivity index (χ1v) is 5.53. The molecule has 0 aliphatic heterocycles. The van der Waals surface area contributed by atoms with E-state index in [9.17, 15) is 4.39 Å². The highest BCUT2D eigenvalue weighted by molar-refractivity contribution is 5.56. The standard InChI is InChI=1S/C12H14FN3O/c1-3-5-14-12-10(13)8(2)15-11(16-12)9-4-6-17-7-9/h4,6-7H,3,5H2,1-2H3,(H,14,15,16). The van der Waals surface area contributed by atoms with Gasteiger partial charge in [0, 0.05) is 6.54 Å². The third-order valence-electron chi connectivity index (χ3n) is 2.34. The van der Waals surface area contributed by atoms with Crippen LogP contribution in [0, 0.1) is 12.7 Å². The zero-order chi connectivity index (χ0) is 12.3. The Balaban J connectivity index is 2.39. The quantitative estimate of drug-likeness (QED) is 0.885. The van der Waals surface area contributed by atoms with Crippen molar-refractivity contribution in [3.05, 3.63) is 30.1 Å². The molecule has 1 N–H and O–H groups in total. The molecule has 0 saturated carbocycles. The molecule has 0 amide bonds. The maximum Gasteiger partial charge on any atom is 0.186 e. The molecule has 0 saturated heterocycles. The van der Waals surface area contributed by atoms with Gasteiger partial charge in [-0.1, -0.05) is 6.92 Å². The van der Waals surface area contributed by atoms with Gasteiger partial charge < -0.3 is 9.73 Å². The molecule has 5 heteroatoms. The highest BCUT2D eigenvalue weighted by Crippen LogP contribution is 2.21. The Bertz CT molecular complexity index is 497. The number of aromatic nitrogens is 2. The lowest BCUT2D eigenvalue weighted by atomic mass is 10.3. The van der Waals surface area contributed by atoms with Gasteiger partial charge in [0.15, 0.2) is 17.5 Å². The Hall–Kier alpha value is -1.91. The lowest BCUT2D eigenvalue weighted by Crippen LogP contribution is -2.08. The van der Waals surface area contributed by atoms with Crippen molar-refractivity contribution in [3.63, 3.8) is 0 Å². The molecule has 0 aromatic carbocycles. The van der Waals surface area contributed by atoms with Crippen LogP contribution in [0.3, 0.4) is 0 Å². The van der Waals surface area contributed by atoms with Crippen LogP contribution in [-0.2, 0) is 0 Å². The van der Waals surface area contributed by atoms with E-state index < -0.39 is 5.82 Å². The molecule has 0 radical (unpaired) electrons. The van der Waals surface area contributed by atoms with Crippen molar-refractivity contribution in [2.45, 2.75) is 20.3 Å². The Labute approximate surface area is 98.9 Å². The molecule has 2 aromatic rings. The van der Waals surface area contributed by atoms with E-state index in [2.05, 4.69) is 15.3 Å². The molecule has 0 unspecified atom stereocenters. The maximum atomic E-state index is 13.7. The van der Waals surface area contributed by atoms with Crippen molar-refractivity contribution < 1.29 is 8.81 Å². The van der Waals surface area contributed by atoms with Gasteiger partial charge in [-0.25, -0.2) is 14.4 Å². The van der Waals surface area contributed by atoms with Gasteiger partial charge in [0.05, 0.1) is 17.5 Å². The second-order valence-electron chi connectivity index (χ2n) is 3.73. The van der Waals surface area contributed by atoms with Gasteiger partial charge in [0.2, 0.25) is 0 Å². The van der Waals surface area contributed by atoms with E-state index in [0.717, 1.165) is 12.0 Å². The Morgan fingerprint density at radius 1 is 1.41 bits per heavy atom. The second kappa shape index (κ2) is 4.95. The van der Waals surface area contributed by atoms with Gasteiger partial charge in [-0.3, -0.25) is 0 Å². The minimum Gasteiger partial charge on any atom is -0.472 e. The predicted molar refractivity (Wildman–Crippen MR) is 63.2 cm³/mol. The van der Waals surface area contributed by atoms with Crippen LogP contribution < -0.4 is 5.32 Å². The number of aryl methyl sites for hydroxylation is 1. The van der Waals surface area contributed by atoms with Gasteiger partial charge in [-0.2, -0.15) is 0 Å². The molecule has 0 fully saturated rings. The Morgan fingerprint density at radius 2 is 2.24 bits per heavy atom. The number of anilines is 1. The highest BCUT2D eigenvalue weighted by atomic mass is 19.1. The molecule has 90 valence electrons. The lowest BCUT2D eigenvalue weighted by Gasteiger charge is -2.08. The zero-order valence-electron chi connectivity index (χ0n) is 9.83. The molecule has 2 heterocycles. The summed E-state index contributed by atoms with van der Waals surface area (Å²) >= 11 is 0. The van der Waals surface area contributed by atoms with E-state index >= 15 is 0 Å². The Kier molecular flexibility index (Phi) is 3.37. The molecule has 0 atom stereocenters. The van der Waals surface area contributed by atoms with E-state index in [1.54, 1.807) is 13.0 Å². The van der Waals surface area contributed by atoms with E-state index in [4.69, 9.17) is 4.42 Å². The minimum absolute atomic E-state index is 0.246. The molecule has 2 rings (SSSR count). The fourth-order valence-electron chi connectivity index (χ4n) is 1.44. The fraction of sp³-hybridized carbons (Fsp3) is 0.333. The molecule has 17 heavy (non-hydrogen) atoms. The van der Waals surface area contributed by atoms with Crippen LogP contribution in [0.25, 0.3) is 11.4 Å². The smallest absolute Gasteiger partial charge is 0.186 e. The topological polar surface area (TPSA) is 51.0 Å². The van der Waals surface area contributed by atoms with E-state index in [-0.39, 0.29) is 5.82 Å². The molecule has 2 aromatic heterocycles. The number of hydrogen-bond donors (Lipinski definition) is 1. The third-order valence-corrected chi connectivity index (χ3v) is 2.34. The van der Waals surface area contributed by atoms with E-state index in [1.807, 2.05) is 6.92 Å². The molecule has 0 aliphatic carbocycles. The fourth-order valence-corrected chi connectivity index (χ4v) is 1.44. The zero-order valence-corrected chi connectivity index (χ0v) is 9.83. The number of nitrogens with zero attached hydrogens (tertiary/aromatic N) is 2. The first-order valence-electron chi connectivity index (χ1n) is 5.53. The van der Waals surface area contributed by atoms with Crippen LogP contribution in [0.4, 0.5) is 10.2 Å². The summed E-state index contributed by atoms with van der Waals surface area (Å²) in [5, 5.41) is 2.95. The van der Waals surface area contributed by atoms with Gasteiger partial charge in [0.25, 0.3) is 0 Å². The van der Waals surface area contributed by atoms with Crippen molar-refractivity contribution in [3.8, 4) is 11.4 Å². The van der Waals surface area contributed by atoms with E-state index in [1.165, 1.54) is 12.5 Å². The average Bonchev–Trinajstić information content (AvgIpc) is 2.84. The SMILES string of the molecule is CCCNc1nc(-c2ccoc2)nc(C)c1F. The molecular weight excluding hydrogens is 221 g/mol. The van der Waals surface area contributed by atoms with Crippen LogP contribution in [0.5, 0.6) is 0 Å². The molecule has 0 aliphatic rings. The number of furan rings is 1. The third kappa shape index (κ3) is 2.43. The lowest BCUT2D eigenvalue weighted by molar-refractivity contribution is 0.567. The van der Waals surface area contributed by atoms with Crippen molar-refractivity contribution in [2.75, 3.05) is 11.9 Å². The first-order chi connectivity index (χ1) is 8.22. The number of halogens is 1. The normalized spacial score (nSPS) is 10.5. The number of hydrogen-bond acceptors (Lipinski definition) is 4. The van der Waals surface area contributed by atoms with E-state index in [0.29, 0.717) is 18.1 Å². The summed E-state index contributed by atoms with van der Waals surface area (Å²) in [5.74, 6) is 0.317. The molecular formula is C12H14FN3O. The summed E-state index contributed by atoms with van der Waals surface area (Å²) in [5.41, 5.74) is 1.07. The molecule has 4 nitrogen and oxygen atoms in total. The second-order valence-corrected chi connectivity index (χ2v) is 3.73. The van der Waals surface area contributed by atoms with Crippen molar-refractivity contribution in [1.29, 1.82) is 0 Å². The maximum absolute atomic E-state index is 13.7. The van der Waals surface area contributed by atoms with Crippen LogP contribution in [0.15, 0.2) is 23.0 Å². The highest BCUT2D eigenvalue weighted by Gasteiger charge is 2.12. The monoisotopic (exact) mass is 235 g/mol. The van der Waals surface area contributed by atoms with Gasteiger partial charge >= 0.3 is 0 Å². The average molecular weight is 235 g/mol. The summed E-state index contributed by atoms with van der Waals surface area (Å²) in [7, 11) is 0. The van der Waals surface area contributed by atoms with Gasteiger partial charge in [-0.05, 0) is 19.4 Å². The summed E-state index contributed by atoms with van der Waals surface area (Å²) in [6.07, 6.45) is 3.98. The number of nitrogens with one attached hydrogen (secondary N) is 1. The van der Waals surface area contributed by atoms with Crippen molar-refractivity contribution >= 4 is 5.82 Å². The predicted octanol–water partition coefficient (Wildman–Crippen LogP) is 3.01. The summed E-state index contributed by atoms with van der Waals surface area (Å²) < 4.78 is 18.7. The van der Waals surface area contributed by atoms with Gasteiger partial charge in [0.1, 0.15) is 6.26 Å². The van der Waals surface area contributed by atoms with Gasteiger partial charge in [-0.15, -0.1) is 0 Å². The van der Waals surface area contributed by atoms with Crippen molar-refractivity contribution in [1.82, 2.24) is 9.97 Å². The summed E-state index contributed by atoms with van der Waals surface area (Å²) in [6, 6.07) is 1.75.